The lowest BCUT2D eigenvalue weighted by atomic mass is 10.0. The Bertz CT molecular complexity index is 997. The molecule has 3 aromatic rings. The second kappa shape index (κ2) is 5.78. The third-order valence-corrected chi connectivity index (χ3v) is 5.44. The van der Waals surface area contributed by atoms with Gasteiger partial charge in [-0.15, -0.1) is 0 Å². The number of hydrogen-bond donors (Lipinski definition) is 0. The number of halogens is 3. The molecule has 1 saturated heterocycles. The fraction of sp³-hybridized carbons (Fsp3) is 0.143. The topological polar surface area (TPSA) is 21.7 Å². The van der Waals surface area contributed by atoms with Gasteiger partial charge in [0.15, 0.2) is 6.23 Å². The van der Waals surface area contributed by atoms with Crippen LogP contribution < -0.4 is 9.64 Å². The third kappa shape index (κ3) is 2.26. The van der Waals surface area contributed by atoms with Crippen LogP contribution in [0.1, 0.15) is 17.4 Å². The summed E-state index contributed by atoms with van der Waals surface area (Å²) in [4.78, 5) is 0.998. The van der Waals surface area contributed by atoms with Crippen molar-refractivity contribution in [3.63, 3.8) is 0 Å². The first-order valence-electron chi connectivity index (χ1n) is 8.47. The second-order valence-corrected chi connectivity index (χ2v) is 7.40. The molecule has 2 unspecified atom stereocenters. The molecule has 2 bridgehead atoms. The lowest BCUT2D eigenvalue weighted by molar-refractivity contribution is -0.280. The third-order valence-electron chi connectivity index (χ3n) is 4.91. The van der Waals surface area contributed by atoms with Crippen LogP contribution in [0.3, 0.4) is 0 Å². The van der Waals surface area contributed by atoms with Crippen molar-refractivity contribution in [1.29, 1.82) is 0 Å². The molecule has 0 saturated carbocycles. The normalized spacial score (nSPS) is 25.0. The lowest BCUT2D eigenvalue weighted by Gasteiger charge is -2.36. The zero-order chi connectivity index (χ0) is 18.6. The molecule has 136 valence electrons. The highest BCUT2D eigenvalue weighted by molar-refractivity contribution is 9.10. The molecule has 0 radical (unpaired) electrons. The highest BCUT2D eigenvalue weighted by Gasteiger charge is 2.73. The molecule has 3 aromatic carbocycles. The second-order valence-electron chi connectivity index (χ2n) is 6.48. The zero-order valence-electron chi connectivity index (χ0n) is 14.0. The Morgan fingerprint density at radius 1 is 0.852 bits per heavy atom. The Kier molecular flexibility index (Phi) is 3.58. The summed E-state index contributed by atoms with van der Waals surface area (Å²) < 4.78 is 44.5. The Morgan fingerprint density at radius 3 is 2.26 bits per heavy atom. The van der Waals surface area contributed by atoms with E-state index in [1.54, 1.807) is 78.9 Å². The van der Waals surface area contributed by atoms with Crippen LogP contribution in [-0.4, -0.2) is 6.05 Å². The molecule has 1 fully saturated rings. The average Bonchev–Trinajstić information content (AvgIpc) is 2.88. The van der Waals surface area contributed by atoms with Crippen molar-refractivity contribution in [3.8, 4) is 5.75 Å². The van der Waals surface area contributed by atoms with Crippen LogP contribution in [0.5, 0.6) is 5.75 Å². The van der Waals surface area contributed by atoms with Crippen molar-refractivity contribution in [2.45, 2.75) is 18.1 Å². The SMILES string of the molecule is FC1(F)N(c2ccc(Br)cc2)C2OC1(c1ccccc1)Oc1ccccc12. The number of hydrogen-bond acceptors (Lipinski definition) is 3. The number of rotatable bonds is 2. The zero-order valence-corrected chi connectivity index (χ0v) is 15.6. The molecule has 6 heteroatoms. The quantitative estimate of drug-likeness (QED) is 0.478. The first kappa shape index (κ1) is 16.7. The van der Waals surface area contributed by atoms with Crippen LogP contribution in [0, 0.1) is 0 Å². The van der Waals surface area contributed by atoms with Crippen LogP contribution in [0.25, 0.3) is 0 Å². The fourth-order valence-electron chi connectivity index (χ4n) is 3.66. The van der Waals surface area contributed by atoms with Crippen molar-refractivity contribution >= 4 is 21.6 Å². The number of ether oxygens (including phenoxy) is 2. The summed E-state index contributed by atoms with van der Waals surface area (Å²) in [5.41, 5.74) is 1.20. The Balaban J connectivity index is 1.75. The van der Waals surface area contributed by atoms with Gasteiger partial charge in [0.1, 0.15) is 5.75 Å². The van der Waals surface area contributed by atoms with E-state index in [2.05, 4.69) is 15.9 Å². The lowest BCUT2D eigenvalue weighted by Crippen LogP contribution is -2.53. The predicted octanol–water partition coefficient (Wildman–Crippen LogP) is 5.82. The van der Waals surface area contributed by atoms with Crippen LogP contribution in [0.4, 0.5) is 14.5 Å². The van der Waals surface area contributed by atoms with E-state index < -0.39 is 18.1 Å². The van der Waals surface area contributed by atoms with E-state index in [0.29, 0.717) is 17.0 Å². The first-order chi connectivity index (χ1) is 13.0. The van der Waals surface area contributed by atoms with Crippen molar-refractivity contribution < 1.29 is 18.3 Å². The minimum Gasteiger partial charge on any atom is -0.450 e. The van der Waals surface area contributed by atoms with Gasteiger partial charge in [-0.25, -0.2) is 0 Å². The average molecular weight is 430 g/mol. The molecular weight excluding hydrogens is 416 g/mol. The summed E-state index contributed by atoms with van der Waals surface area (Å²) in [6.45, 7) is 0. The Morgan fingerprint density at radius 2 is 1.52 bits per heavy atom. The molecular formula is C21H14BrF2NO2. The Labute approximate surface area is 163 Å². The van der Waals surface area contributed by atoms with Gasteiger partial charge in [0.25, 0.3) is 0 Å². The van der Waals surface area contributed by atoms with E-state index in [4.69, 9.17) is 9.47 Å². The predicted molar refractivity (Wildman–Crippen MR) is 101 cm³/mol. The standard InChI is InChI=1S/C21H14BrF2NO2/c22-15-10-12-16(13-11-15)25-19-17-8-4-5-9-18(17)26-20(27-19,21(25,23)24)14-6-2-1-3-7-14/h1-13,19H. The minimum absolute atomic E-state index is 0.272. The van der Waals surface area contributed by atoms with Gasteiger partial charge < -0.3 is 9.47 Å². The van der Waals surface area contributed by atoms with Gasteiger partial charge in [0, 0.05) is 21.3 Å². The molecule has 0 aliphatic carbocycles. The number of alkyl halides is 2. The van der Waals surface area contributed by atoms with Crippen molar-refractivity contribution in [2.75, 3.05) is 4.90 Å². The number of para-hydroxylation sites is 1. The van der Waals surface area contributed by atoms with E-state index in [1.807, 2.05) is 0 Å². The van der Waals surface area contributed by atoms with Gasteiger partial charge in [0.05, 0.1) is 0 Å². The van der Waals surface area contributed by atoms with E-state index in [9.17, 15) is 0 Å². The maximum absolute atomic E-state index is 15.9. The molecule has 0 spiro atoms. The van der Waals surface area contributed by atoms with Gasteiger partial charge in [-0.1, -0.05) is 64.5 Å². The summed E-state index contributed by atoms with van der Waals surface area (Å²) >= 11 is 3.35. The number of fused-ring (bicyclic) bond motifs is 4. The van der Waals surface area contributed by atoms with Gasteiger partial charge in [-0.2, -0.15) is 8.78 Å². The summed E-state index contributed by atoms with van der Waals surface area (Å²) in [6, 6.07) is 18.7. The van der Waals surface area contributed by atoms with Crippen LogP contribution in [-0.2, 0) is 10.5 Å². The van der Waals surface area contributed by atoms with Gasteiger partial charge >= 0.3 is 11.8 Å². The van der Waals surface area contributed by atoms with Gasteiger partial charge in [-0.05, 0) is 30.3 Å². The Hall–Kier alpha value is -2.44. The summed E-state index contributed by atoms with van der Waals surface area (Å²) in [5, 5.41) is 0. The smallest absolute Gasteiger partial charge is 0.397 e. The number of anilines is 1. The molecule has 5 rings (SSSR count). The number of benzene rings is 3. The monoisotopic (exact) mass is 429 g/mol. The summed E-state index contributed by atoms with van der Waals surface area (Å²) in [6.07, 6.45) is -0.966. The van der Waals surface area contributed by atoms with Gasteiger partial charge in [0.2, 0.25) is 0 Å². The van der Waals surface area contributed by atoms with Crippen LogP contribution in [0.15, 0.2) is 83.3 Å². The maximum Gasteiger partial charge on any atom is 0.397 e. The molecule has 2 aliphatic rings. The fourth-order valence-corrected chi connectivity index (χ4v) is 3.93. The van der Waals surface area contributed by atoms with E-state index in [1.165, 1.54) is 0 Å². The van der Waals surface area contributed by atoms with Crippen molar-refractivity contribution in [3.05, 3.63) is 94.5 Å². The summed E-state index contributed by atoms with van der Waals surface area (Å²) in [5.74, 6) is -1.82. The molecule has 2 atom stereocenters. The molecule has 0 aromatic heterocycles. The first-order valence-corrected chi connectivity index (χ1v) is 9.26. The van der Waals surface area contributed by atoms with E-state index in [-0.39, 0.29) is 5.56 Å². The molecule has 0 N–H and O–H groups in total. The molecule has 2 heterocycles. The van der Waals surface area contributed by atoms with Crippen molar-refractivity contribution in [1.82, 2.24) is 0 Å². The largest absolute Gasteiger partial charge is 0.450 e. The molecule has 3 nitrogen and oxygen atoms in total. The number of nitrogens with zero attached hydrogens (tertiary/aromatic N) is 1. The molecule has 2 aliphatic heterocycles. The molecule has 0 amide bonds. The van der Waals surface area contributed by atoms with Crippen LogP contribution >= 0.6 is 15.9 Å². The highest BCUT2D eigenvalue weighted by atomic mass is 79.9. The van der Waals surface area contributed by atoms with Crippen LogP contribution in [0.2, 0.25) is 0 Å². The maximum atomic E-state index is 15.9. The van der Waals surface area contributed by atoms with E-state index >= 15 is 8.78 Å². The minimum atomic E-state index is -3.44. The summed E-state index contributed by atoms with van der Waals surface area (Å²) in [7, 11) is 0. The van der Waals surface area contributed by atoms with Crippen molar-refractivity contribution in [2.24, 2.45) is 0 Å². The highest BCUT2D eigenvalue weighted by Crippen LogP contribution is 2.61. The van der Waals surface area contributed by atoms with E-state index in [0.717, 1.165) is 9.37 Å². The van der Waals surface area contributed by atoms with Gasteiger partial charge in [-0.3, -0.25) is 4.90 Å². The molecule has 27 heavy (non-hydrogen) atoms.